The molecule has 8 heteroatoms. The van der Waals surface area contributed by atoms with E-state index >= 15 is 0 Å². The fourth-order valence-electron chi connectivity index (χ4n) is 1.37. The van der Waals surface area contributed by atoms with Gasteiger partial charge in [-0.3, -0.25) is 5.10 Å². The summed E-state index contributed by atoms with van der Waals surface area (Å²) in [7, 11) is 0. The van der Waals surface area contributed by atoms with Crippen LogP contribution in [0.2, 0.25) is 0 Å². The van der Waals surface area contributed by atoms with E-state index in [0.29, 0.717) is 23.1 Å². The first-order valence-corrected chi connectivity index (χ1v) is 4.93. The molecule has 3 aromatic rings. The van der Waals surface area contributed by atoms with Gasteiger partial charge in [0, 0.05) is 11.8 Å². The van der Waals surface area contributed by atoms with Crippen LogP contribution in [0.5, 0.6) is 0 Å². The van der Waals surface area contributed by atoms with Gasteiger partial charge in [-0.2, -0.15) is 15.3 Å². The maximum Gasteiger partial charge on any atom is 0.258 e. The minimum absolute atomic E-state index is 0.284. The predicted octanol–water partition coefficient (Wildman–Crippen LogP) is 0.788. The summed E-state index contributed by atoms with van der Waals surface area (Å²) in [5.41, 5.74) is 0.909. The molecule has 0 aromatic carbocycles. The Bertz CT molecular complexity index is 710. The summed E-state index contributed by atoms with van der Waals surface area (Å²) in [5, 5.41) is 18.9. The molecular formula is C10H5N7O. The van der Waals surface area contributed by atoms with E-state index in [2.05, 4.69) is 30.3 Å². The maximum absolute atomic E-state index is 8.76. The fraction of sp³-hybridized carbons (Fsp3) is 0. The molecule has 0 aliphatic carbocycles. The van der Waals surface area contributed by atoms with Crippen LogP contribution in [-0.4, -0.2) is 30.3 Å². The van der Waals surface area contributed by atoms with E-state index < -0.39 is 0 Å². The number of nitrogens with zero attached hydrogens (tertiary/aromatic N) is 6. The minimum atomic E-state index is 0.284. The number of aromatic nitrogens is 6. The topological polar surface area (TPSA) is 117 Å². The first-order valence-electron chi connectivity index (χ1n) is 4.93. The first kappa shape index (κ1) is 10.1. The Kier molecular flexibility index (Phi) is 2.28. The molecular weight excluding hydrogens is 234 g/mol. The Labute approximate surface area is 100 Å². The van der Waals surface area contributed by atoms with Crippen molar-refractivity contribution in [3.63, 3.8) is 0 Å². The van der Waals surface area contributed by atoms with Crippen LogP contribution in [0.25, 0.3) is 23.1 Å². The largest absolute Gasteiger partial charge is 0.333 e. The number of nitrogens with one attached hydrogen (secondary N) is 1. The van der Waals surface area contributed by atoms with Gasteiger partial charge in [0.05, 0.1) is 0 Å². The van der Waals surface area contributed by atoms with Gasteiger partial charge in [-0.15, -0.1) is 0 Å². The van der Waals surface area contributed by atoms with Crippen LogP contribution in [-0.2, 0) is 0 Å². The van der Waals surface area contributed by atoms with Crippen molar-refractivity contribution in [3.05, 3.63) is 30.4 Å². The lowest BCUT2D eigenvalue weighted by Crippen LogP contribution is -1.85. The summed E-state index contributed by atoms with van der Waals surface area (Å²) >= 11 is 0. The molecule has 0 atom stereocenters. The zero-order valence-electron chi connectivity index (χ0n) is 8.90. The Morgan fingerprint density at radius 1 is 1.33 bits per heavy atom. The molecule has 0 saturated carbocycles. The van der Waals surface area contributed by atoms with Crippen LogP contribution < -0.4 is 0 Å². The van der Waals surface area contributed by atoms with Crippen molar-refractivity contribution in [3.8, 4) is 29.2 Å². The second kappa shape index (κ2) is 4.06. The van der Waals surface area contributed by atoms with Crippen LogP contribution >= 0.6 is 0 Å². The second-order valence-corrected chi connectivity index (χ2v) is 3.30. The highest BCUT2D eigenvalue weighted by Crippen LogP contribution is 2.19. The average Bonchev–Trinajstić information content (AvgIpc) is 3.09. The highest BCUT2D eigenvalue weighted by molar-refractivity contribution is 5.56. The van der Waals surface area contributed by atoms with E-state index in [1.165, 1.54) is 12.5 Å². The summed E-state index contributed by atoms with van der Waals surface area (Å²) in [5.74, 6) is 1.01. The molecule has 1 N–H and O–H groups in total. The molecule has 0 spiro atoms. The van der Waals surface area contributed by atoms with E-state index in [0.717, 1.165) is 0 Å². The standard InChI is InChI=1S/C10H5N7O/c11-4-7-3-6(1-2-12-7)10-15-9(17-18-10)8-13-5-14-16-8/h1-3,5H,(H,13,14,16). The predicted molar refractivity (Wildman–Crippen MR) is 57.6 cm³/mol. The number of pyridine rings is 1. The molecule has 0 radical (unpaired) electrons. The molecule has 0 aliphatic heterocycles. The first-order chi connectivity index (χ1) is 8.86. The molecule has 0 aliphatic rings. The Hall–Kier alpha value is -3.08. The Morgan fingerprint density at radius 3 is 3.06 bits per heavy atom. The van der Waals surface area contributed by atoms with Crippen LogP contribution in [0, 0.1) is 11.3 Å². The fourth-order valence-corrected chi connectivity index (χ4v) is 1.37. The molecule has 3 heterocycles. The van der Waals surface area contributed by atoms with Gasteiger partial charge in [0.2, 0.25) is 5.82 Å². The van der Waals surface area contributed by atoms with Crippen molar-refractivity contribution in [1.29, 1.82) is 5.26 Å². The smallest absolute Gasteiger partial charge is 0.258 e. The van der Waals surface area contributed by atoms with Crippen molar-refractivity contribution in [2.45, 2.75) is 0 Å². The summed E-state index contributed by atoms with van der Waals surface area (Å²) in [4.78, 5) is 11.9. The van der Waals surface area contributed by atoms with Gasteiger partial charge >= 0.3 is 0 Å². The highest BCUT2D eigenvalue weighted by Gasteiger charge is 2.12. The summed E-state index contributed by atoms with van der Waals surface area (Å²) in [6.07, 6.45) is 2.86. The summed E-state index contributed by atoms with van der Waals surface area (Å²) in [6.45, 7) is 0. The Balaban J connectivity index is 2.01. The third-order valence-corrected chi connectivity index (χ3v) is 2.17. The molecule has 0 unspecified atom stereocenters. The molecule has 0 bridgehead atoms. The van der Waals surface area contributed by atoms with E-state index in [9.17, 15) is 0 Å². The molecule has 3 rings (SSSR count). The highest BCUT2D eigenvalue weighted by atomic mass is 16.5. The van der Waals surface area contributed by atoms with E-state index in [1.807, 2.05) is 6.07 Å². The van der Waals surface area contributed by atoms with Gasteiger partial charge in [-0.25, -0.2) is 9.97 Å². The van der Waals surface area contributed by atoms with Crippen LogP contribution in [0.1, 0.15) is 5.69 Å². The zero-order chi connectivity index (χ0) is 12.4. The van der Waals surface area contributed by atoms with Gasteiger partial charge < -0.3 is 4.52 Å². The molecule has 0 amide bonds. The van der Waals surface area contributed by atoms with Crippen molar-refractivity contribution in [2.24, 2.45) is 0 Å². The van der Waals surface area contributed by atoms with Crippen LogP contribution in [0.15, 0.2) is 29.2 Å². The monoisotopic (exact) mass is 239 g/mol. The van der Waals surface area contributed by atoms with Crippen molar-refractivity contribution >= 4 is 0 Å². The number of rotatable bonds is 2. The summed E-state index contributed by atoms with van der Waals surface area (Å²) < 4.78 is 5.09. The van der Waals surface area contributed by atoms with Crippen molar-refractivity contribution in [1.82, 2.24) is 30.3 Å². The third-order valence-electron chi connectivity index (χ3n) is 2.17. The minimum Gasteiger partial charge on any atom is -0.333 e. The zero-order valence-corrected chi connectivity index (χ0v) is 8.90. The Morgan fingerprint density at radius 2 is 2.28 bits per heavy atom. The lowest BCUT2D eigenvalue weighted by molar-refractivity contribution is 0.432. The number of H-pyrrole nitrogens is 1. The molecule has 18 heavy (non-hydrogen) atoms. The van der Waals surface area contributed by atoms with Crippen molar-refractivity contribution in [2.75, 3.05) is 0 Å². The van der Waals surface area contributed by atoms with E-state index in [4.69, 9.17) is 9.78 Å². The van der Waals surface area contributed by atoms with Gasteiger partial charge in [-0.05, 0) is 12.1 Å². The van der Waals surface area contributed by atoms with Gasteiger partial charge in [0.25, 0.3) is 5.89 Å². The number of hydrogen-bond donors (Lipinski definition) is 1. The van der Waals surface area contributed by atoms with Crippen LogP contribution in [0.3, 0.4) is 0 Å². The molecule has 3 aromatic heterocycles. The molecule has 8 nitrogen and oxygen atoms in total. The summed E-state index contributed by atoms with van der Waals surface area (Å²) in [6, 6.07) is 5.19. The second-order valence-electron chi connectivity index (χ2n) is 3.30. The molecule has 0 fully saturated rings. The lowest BCUT2D eigenvalue weighted by Gasteiger charge is -1.92. The van der Waals surface area contributed by atoms with Gasteiger partial charge in [0.15, 0.2) is 5.82 Å². The normalized spacial score (nSPS) is 10.2. The molecule has 86 valence electrons. The average molecular weight is 239 g/mol. The number of nitriles is 1. The number of aromatic amines is 1. The molecule has 0 saturated heterocycles. The van der Waals surface area contributed by atoms with E-state index in [-0.39, 0.29) is 5.69 Å². The van der Waals surface area contributed by atoms with Gasteiger partial charge in [-0.1, -0.05) is 5.16 Å². The maximum atomic E-state index is 8.76. The lowest BCUT2D eigenvalue weighted by atomic mass is 10.2. The van der Waals surface area contributed by atoms with Crippen LogP contribution in [0.4, 0.5) is 0 Å². The van der Waals surface area contributed by atoms with Gasteiger partial charge in [0.1, 0.15) is 18.1 Å². The SMILES string of the molecule is N#Cc1cc(-c2nc(-c3ncn[nH]3)no2)ccn1. The van der Waals surface area contributed by atoms with E-state index in [1.54, 1.807) is 12.1 Å². The quantitative estimate of drug-likeness (QED) is 0.702. The van der Waals surface area contributed by atoms with Crippen molar-refractivity contribution < 1.29 is 4.52 Å². The third kappa shape index (κ3) is 1.69. The number of hydrogen-bond acceptors (Lipinski definition) is 7.